The third-order valence-corrected chi connectivity index (χ3v) is 6.36. The Bertz CT molecular complexity index is 1180. The molecular weight excluding hydrogens is 418 g/mol. The molecule has 4 rings (SSSR count). The summed E-state index contributed by atoms with van der Waals surface area (Å²) in [6, 6.07) is 13.1. The summed E-state index contributed by atoms with van der Waals surface area (Å²) in [7, 11) is 0. The van der Waals surface area contributed by atoms with Gasteiger partial charge in [0.25, 0.3) is 0 Å². The Kier molecular flexibility index (Phi) is 6.75. The van der Waals surface area contributed by atoms with Crippen molar-refractivity contribution in [2.24, 2.45) is 5.92 Å². The highest BCUT2D eigenvalue weighted by molar-refractivity contribution is 6.07. The van der Waals surface area contributed by atoms with Crippen LogP contribution in [0.3, 0.4) is 0 Å². The summed E-state index contributed by atoms with van der Waals surface area (Å²) in [5, 5.41) is 9.59. The number of benzene rings is 2. The fraction of sp³-hybridized carbons (Fsp3) is 0.370. The van der Waals surface area contributed by atoms with E-state index in [9.17, 15) is 14.7 Å². The second kappa shape index (κ2) is 9.71. The van der Waals surface area contributed by atoms with Gasteiger partial charge < -0.3 is 14.3 Å². The van der Waals surface area contributed by atoms with Crippen molar-refractivity contribution in [3.05, 3.63) is 76.2 Å². The Balaban J connectivity index is 1.43. The Hall–Kier alpha value is -3.25. The van der Waals surface area contributed by atoms with E-state index in [1.54, 1.807) is 25.1 Å². The second-order valence-electron chi connectivity index (χ2n) is 8.85. The van der Waals surface area contributed by atoms with Gasteiger partial charge in [-0.25, -0.2) is 9.78 Å². The SMILES string of the molecule is Cc1cccc(-c2nc(CO[C@H]3CCC[C@@H](C(=O)c4cccc(C)c4C(=O)O)C3)c(C)o2)c1. The fourth-order valence-corrected chi connectivity index (χ4v) is 4.57. The summed E-state index contributed by atoms with van der Waals surface area (Å²) >= 11 is 0. The standard InChI is InChI=1S/C27H29NO5/c1-16-7-4-10-20(13-16)26-28-23(18(3)33-26)15-32-21-11-6-9-19(14-21)25(29)22-12-5-8-17(2)24(22)27(30)31/h4-5,7-8,10,12-13,19,21H,6,9,11,14-15H2,1-3H3,(H,30,31)/t19-,21+/m1/s1. The number of ether oxygens (including phenoxy) is 1. The number of carbonyl (C=O) groups excluding carboxylic acids is 1. The number of aromatic carboxylic acids is 1. The quantitative estimate of drug-likeness (QED) is 0.452. The number of oxazole rings is 1. The molecule has 2 aromatic carbocycles. The van der Waals surface area contributed by atoms with Crippen molar-refractivity contribution in [2.75, 3.05) is 0 Å². The van der Waals surface area contributed by atoms with Crippen LogP contribution in [0.2, 0.25) is 0 Å². The average Bonchev–Trinajstić information content (AvgIpc) is 3.17. The molecule has 6 nitrogen and oxygen atoms in total. The van der Waals surface area contributed by atoms with Crippen LogP contribution in [-0.4, -0.2) is 27.9 Å². The molecule has 0 bridgehead atoms. The van der Waals surface area contributed by atoms with Crippen molar-refractivity contribution >= 4 is 11.8 Å². The van der Waals surface area contributed by atoms with Crippen molar-refractivity contribution in [3.8, 4) is 11.5 Å². The Morgan fingerprint density at radius 2 is 1.91 bits per heavy atom. The molecule has 33 heavy (non-hydrogen) atoms. The van der Waals surface area contributed by atoms with Gasteiger partial charge >= 0.3 is 5.97 Å². The molecule has 172 valence electrons. The van der Waals surface area contributed by atoms with Gasteiger partial charge in [0.05, 0.1) is 18.3 Å². The first-order valence-corrected chi connectivity index (χ1v) is 11.4. The van der Waals surface area contributed by atoms with Gasteiger partial charge in [0.2, 0.25) is 5.89 Å². The van der Waals surface area contributed by atoms with E-state index in [1.165, 1.54) is 0 Å². The smallest absolute Gasteiger partial charge is 0.336 e. The number of aryl methyl sites for hydroxylation is 3. The Morgan fingerprint density at radius 3 is 2.67 bits per heavy atom. The van der Waals surface area contributed by atoms with E-state index in [0.717, 1.165) is 41.8 Å². The molecule has 2 atom stereocenters. The topological polar surface area (TPSA) is 89.6 Å². The van der Waals surface area contributed by atoms with Crippen LogP contribution in [0.1, 0.15) is 69.0 Å². The van der Waals surface area contributed by atoms with E-state index >= 15 is 0 Å². The number of Topliss-reactive ketones (excluding diaryl/α,β-unsaturated/α-hetero) is 1. The highest BCUT2D eigenvalue weighted by Gasteiger charge is 2.31. The van der Waals surface area contributed by atoms with Gasteiger partial charge in [0.15, 0.2) is 5.78 Å². The average molecular weight is 448 g/mol. The summed E-state index contributed by atoms with van der Waals surface area (Å²) in [4.78, 5) is 29.5. The van der Waals surface area contributed by atoms with Crippen LogP contribution in [0.4, 0.5) is 0 Å². The van der Waals surface area contributed by atoms with E-state index in [2.05, 4.69) is 4.98 Å². The van der Waals surface area contributed by atoms with Crippen LogP contribution in [-0.2, 0) is 11.3 Å². The Labute approximate surface area is 193 Å². The number of aromatic nitrogens is 1. The fourth-order valence-electron chi connectivity index (χ4n) is 4.57. The van der Waals surface area contributed by atoms with E-state index in [4.69, 9.17) is 9.15 Å². The molecule has 1 fully saturated rings. The molecule has 1 aliphatic rings. The van der Waals surface area contributed by atoms with Crippen LogP contribution in [0, 0.1) is 26.7 Å². The largest absolute Gasteiger partial charge is 0.478 e. The highest BCUT2D eigenvalue weighted by Crippen LogP contribution is 2.32. The molecule has 1 heterocycles. The van der Waals surface area contributed by atoms with Crippen LogP contribution in [0.25, 0.3) is 11.5 Å². The van der Waals surface area contributed by atoms with Gasteiger partial charge in [0, 0.05) is 17.0 Å². The summed E-state index contributed by atoms with van der Waals surface area (Å²) < 4.78 is 12.0. The van der Waals surface area contributed by atoms with Crippen molar-refractivity contribution in [1.29, 1.82) is 0 Å². The van der Waals surface area contributed by atoms with E-state index in [-0.39, 0.29) is 23.4 Å². The van der Waals surface area contributed by atoms with Crippen LogP contribution in [0.15, 0.2) is 46.9 Å². The molecule has 0 unspecified atom stereocenters. The minimum atomic E-state index is -1.06. The number of ketones is 1. The molecule has 1 saturated carbocycles. The predicted octanol–water partition coefficient (Wildman–Crippen LogP) is 5.92. The summed E-state index contributed by atoms with van der Waals surface area (Å²) in [5.41, 5.74) is 3.82. The molecular formula is C27H29NO5. The maximum atomic E-state index is 13.2. The maximum absolute atomic E-state index is 13.2. The summed E-state index contributed by atoms with van der Waals surface area (Å²) in [5.74, 6) is -0.118. The lowest BCUT2D eigenvalue weighted by Gasteiger charge is -2.28. The summed E-state index contributed by atoms with van der Waals surface area (Å²) in [6.45, 7) is 5.94. The van der Waals surface area contributed by atoms with Gasteiger partial charge in [0.1, 0.15) is 11.5 Å². The molecule has 3 aromatic rings. The lowest BCUT2D eigenvalue weighted by molar-refractivity contribution is 0.00216. The number of carbonyl (C=O) groups is 2. The zero-order valence-electron chi connectivity index (χ0n) is 19.3. The number of hydrogen-bond acceptors (Lipinski definition) is 5. The maximum Gasteiger partial charge on any atom is 0.336 e. The van der Waals surface area contributed by atoms with Gasteiger partial charge in [-0.2, -0.15) is 0 Å². The van der Waals surface area contributed by atoms with Crippen molar-refractivity contribution in [3.63, 3.8) is 0 Å². The van der Waals surface area contributed by atoms with Gasteiger partial charge in [-0.1, -0.05) is 42.3 Å². The molecule has 0 spiro atoms. The van der Waals surface area contributed by atoms with Crippen molar-refractivity contribution in [1.82, 2.24) is 4.98 Å². The van der Waals surface area contributed by atoms with Crippen molar-refractivity contribution < 1.29 is 23.8 Å². The third-order valence-electron chi connectivity index (χ3n) is 6.36. The van der Waals surface area contributed by atoms with E-state index in [1.807, 2.05) is 38.1 Å². The number of carboxylic acid groups (broad SMARTS) is 1. The molecule has 0 saturated heterocycles. The first-order valence-electron chi connectivity index (χ1n) is 11.4. The molecule has 1 aliphatic carbocycles. The zero-order chi connectivity index (χ0) is 23.5. The van der Waals surface area contributed by atoms with Gasteiger partial charge in [-0.3, -0.25) is 4.79 Å². The lowest BCUT2D eigenvalue weighted by atomic mass is 9.81. The number of nitrogens with zero attached hydrogens (tertiary/aromatic N) is 1. The third kappa shape index (κ3) is 5.06. The first kappa shape index (κ1) is 22.9. The number of carboxylic acids is 1. The lowest BCUT2D eigenvalue weighted by Crippen LogP contribution is -2.29. The number of hydrogen-bond donors (Lipinski definition) is 1. The Morgan fingerprint density at radius 1 is 1.12 bits per heavy atom. The molecule has 1 N–H and O–H groups in total. The highest BCUT2D eigenvalue weighted by atomic mass is 16.5. The first-order chi connectivity index (χ1) is 15.8. The van der Waals surface area contributed by atoms with E-state index in [0.29, 0.717) is 30.0 Å². The molecule has 0 radical (unpaired) electrons. The molecule has 0 aliphatic heterocycles. The molecule has 6 heteroatoms. The van der Waals surface area contributed by atoms with Gasteiger partial charge in [-0.15, -0.1) is 0 Å². The minimum absolute atomic E-state index is 0.0793. The van der Waals surface area contributed by atoms with Crippen LogP contribution < -0.4 is 0 Å². The van der Waals surface area contributed by atoms with E-state index < -0.39 is 5.97 Å². The zero-order valence-corrected chi connectivity index (χ0v) is 19.3. The number of rotatable bonds is 7. The normalized spacial score (nSPS) is 18.3. The second-order valence-corrected chi connectivity index (χ2v) is 8.85. The summed E-state index contributed by atoms with van der Waals surface area (Å²) in [6.07, 6.45) is 2.97. The monoisotopic (exact) mass is 447 g/mol. The minimum Gasteiger partial charge on any atom is -0.478 e. The predicted molar refractivity (Wildman–Crippen MR) is 124 cm³/mol. The van der Waals surface area contributed by atoms with Crippen molar-refractivity contribution in [2.45, 2.75) is 59.2 Å². The van der Waals surface area contributed by atoms with Gasteiger partial charge in [-0.05, 0) is 57.7 Å². The molecule has 1 aromatic heterocycles. The molecule has 0 amide bonds. The van der Waals surface area contributed by atoms with Crippen LogP contribution >= 0.6 is 0 Å². The van der Waals surface area contributed by atoms with Crippen LogP contribution in [0.5, 0.6) is 0 Å².